The predicted molar refractivity (Wildman–Crippen MR) is 69.2 cm³/mol. The van der Waals surface area contributed by atoms with E-state index in [1.165, 1.54) is 24.1 Å². The topological polar surface area (TPSA) is 55.6 Å². The molecule has 0 saturated heterocycles. The maximum atomic E-state index is 13.5. The molecule has 0 saturated carbocycles. The van der Waals surface area contributed by atoms with E-state index in [4.69, 9.17) is 10.5 Å². The van der Waals surface area contributed by atoms with E-state index in [0.717, 1.165) is 0 Å². The minimum absolute atomic E-state index is 0.144. The van der Waals surface area contributed by atoms with Crippen LogP contribution in [0.2, 0.25) is 0 Å². The van der Waals surface area contributed by atoms with E-state index in [-0.39, 0.29) is 23.6 Å². The van der Waals surface area contributed by atoms with Crippen LogP contribution in [0.1, 0.15) is 13.8 Å². The van der Waals surface area contributed by atoms with Crippen molar-refractivity contribution in [1.29, 1.82) is 0 Å². The first-order valence-corrected chi connectivity index (χ1v) is 5.75. The molecule has 5 heteroatoms. The molecule has 0 aliphatic rings. The summed E-state index contributed by atoms with van der Waals surface area (Å²) < 4.78 is 18.4. The summed E-state index contributed by atoms with van der Waals surface area (Å²) in [5.41, 5.74) is 6.16. The van der Waals surface area contributed by atoms with E-state index in [1.54, 1.807) is 27.0 Å². The Bertz CT molecular complexity index is 435. The summed E-state index contributed by atoms with van der Waals surface area (Å²) in [7, 11) is 2.99. The first kappa shape index (κ1) is 14.4. The second-order valence-electron chi connectivity index (χ2n) is 4.36. The van der Waals surface area contributed by atoms with Crippen LogP contribution in [-0.4, -0.2) is 26.1 Å². The molecule has 0 aromatic heterocycles. The van der Waals surface area contributed by atoms with Crippen molar-refractivity contribution in [3.8, 4) is 5.75 Å². The van der Waals surface area contributed by atoms with Crippen LogP contribution < -0.4 is 15.4 Å². The number of ether oxygens (including phenoxy) is 1. The fourth-order valence-corrected chi connectivity index (χ4v) is 1.52. The zero-order valence-electron chi connectivity index (χ0n) is 11.1. The molecule has 1 aromatic carbocycles. The van der Waals surface area contributed by atoms with Crippen molar-refractivity contribution in [2.45, 2.75) is 19.9 Å². The molecular formula is C13H19FN2O2. The van der Waals surface area contributed by atoms with Crippen molar-refractivity contribution in [3.05, 3.63) is 24.0 Å². The smallest absolute Gasteiger partial charge is 0.231 e. The Kier molecular flexibility index (Phi) is 4.67. The second-order valence-corrected chi connectivity index (χ2v) is 4.36. The van der Waals surface area contributed by atoms with Crippen molar-refractivity contribution in [2.24, 2.45) is 11.7 Å². The van der Waals surface area contributed by atoms with Gasteiger partial charge in [-0.15, -0.1) is 0 Å². The van der Waals surface area contributed by atoms with Gasteiger partial charge in [-0.3, -0.25) is 4.79 Å². The molecule has 0 radical (unpaired) electrons. The van der Waals surface area contributed by atoms with Crippen molar-refractivity contribution in [1.82, 2.24) is 0 Å². The van der Waals surface area contributed by atoms with Gasteiger partial charge in [0.05, 0.1) is 13.0 Å². The lowest BCUT2D eigenvalue weighted by Crippen LogP contribution is -2.39. The number of carbonyl (C=O) groups excluding carboxylic acids is 1. The summed E-state index contributed by atoms with van der Waals surface area (Å²) in [6.45, 7) is 3.52. The Morgan fingerprint density at radius 3 is 2.50 bits per heavy atom. The van der Waals surface area contributed by atoms with Gasteiger partial charge >= 0.3 is 0 Å². The van der Waals surface area contributed by atoms with Crippen LogP contribution in [0.25, 0.3) is 0 Å². The highest BCUT2D eigenvalue weighted by Gasteiger charge is 2.22. The molecule has 0 fully saturated rings. The molecule has 0 spiro atoms. The van der Waals surface area contributed by atoms with Gasteiger partial charge < -0.3 is 15.4 Å². The maximum Gasteiger partial charge on any atom is 0.231 e. The van der Waals surface area contributed by atoms with Gasteiger partial charge in [-0.05, 0) is 19.1 Å². The third kappa shape index (κ3) is 2.98. The first-order chi connectivity index (χ1) is 8.38. The summed E-state index contributed by atoms with van der Waals surface area (Å²) in [6, 6.07) is 4.15. The molecule has 2 atom stereocenters. The lowest BCUT2D eigenvalue weighted by molar-refractivity contribution is -0.122. The molecule has 2 N–H and O–H groups in total. The van der Waals surface area contributed by atoms with E-state index in [2.05, 4.69) is 0 Å². The highest BCUT2D eigenvalue weighted by Crippen LogP contribution is 2.23. The maximum absolute atomic E-state index is 13.5. The molecule has 1 aromatic rings. The molecule has 0 aliphatic carbocycles. The lowest BCUT2D eigenvalue weighted by Gasteiger charge is -2.23. The average Bonchev–Trinajstić information content (AvgIpc) is 2.35. The zero-order valence-corrected chi connectivity index (χ0v) is 11.1. The number of carbonyl (C=O) groups is 1. The summed E-state index contributed by atoms with van der Waals surface area (Å²) >= 11 is 0. The van der Waals surface area contributed by atoms with Crippen molar-refractivity contribution < 1.29 is 13.9 Å². The van der Waals surface area contributed by atoms with Gasteiger partial charge in [-0.25, -0.2) is 4.39 Å². The molecule has 4 nitrogen and oxygen atoms in total. The van der Waals surface area contributed by atoms with Crippen molar-refractivity contribution >= 4 is 11.6 Å². The van der Waals surface area contributed by atoms with E-state index in [0.29, 0.717) is 5.69 Å². The number of amides is 1. The van der Waals surface area contributed by atoms with Crippen molar-refractivity contribution in [3.63, 3.8) is 0 Å². The van der Waals surface area contributed by atoms with E-state index >= 15 is 0 Å². The third-order valence-electron chi connectivity index (χ3n) is 3.03. The number of hydrogen-bond acceptors (Lipinski definition) is 3. The summed E-state index contributed by atoms with van der Waals surface area (Å²) in [5.74, 6) is -0.808. The molecular weight excluding hydrogens is 235 g/mol. The molecule has 100 valence electrons. The van der Waals surface area contributed by atoms with Gasteiger partial charge in [0, 0.05) is 24.8 Å². The zero-order chi connectivity index (χ0) is 13.9. The molecule has 0 aliphatic heterocycles. The van der Waals surface area contributed by atoms with Crippen LogP contribution in [0.3, 0.4) is 0 Å². The van der Waals surface area contributed by atoms with Crippen LogP contribution in [0, 0.1) is 11.7 Å². The van der Waals surface area contributed by atoms with Crippen LogP contribution >= 0.6 is 0 Å². The minimum Gasteiger partial charge on any atom is -0.494 e. The standard InChI is InChI=1S/C13H19FN2O2/c1-8(9(2)15)13(17)16(3)10-5-6-12(18-4)11(14)7-10/h5-9H,15H2,1-4H3. The number of halogens is 1. The van der Waals surface area contributed by atoms with E-state index in [1.807, 2.05) is 0 Å². The number of anilines is 1. The Labute approximate surface area is 107 Å². The van der Waals surface area contributed by atoms with Gasteiger partial charge in [0.2, 0.25) is 5.91 Å². The number of benzene rings is 1. The Morgan fingerprint density at radius 2 is 2.06 bits per heavy atom. The molecule has 18 heavy (non-hydrogen) atoms. The van der Waals surface area contributed by atoms with E-state index < -0.39 is 5.82 Å². The molecule has 0 heterocycles. The third-order valence-corrected chi connectivity index (χ3v) is 3.03. The number of nitrogens with two attached hydrogens (primary N) is 1. The fraction of sp³-hybridized carbons (Fsp3) is 0.462. The number of nitrogens with zero attached hydrogens (tertiary/aromatic N) is 1. The van der Waals surface area contributed by atoms with Crippen LogP contribution in [0.5, 0.6) is 5.75 Å². The Balaban J connectivity index is 2.94. The number of hydrogen-bond donors (Lipinski definition) is 1. The molecule has 1 amide bonds. The molecule has 0 bridgehead atoms. The minimum atomic E-state index is -0.497. The quantitative estimate of drug-likeness (QED) is 0.891. The molecule has 1 rings (SSSR count). The van der Waals surface area contributed by atoms with Gasteiger partial charge in [0.25, 0.3) is 0 Å². The average molecular weight is 254 g/mol. The molecule has 2 unspecified atom stereocenters. The summed E-state index contributed by atoms with van der Waals surface area (Å²) in [6.07, 6.45) is 0. The SMILES string of the molecule is COc1ccc(N(C)C(=O)C(C)C(C)N)cc1F. The Hall–Kier alpha value is -1.62. The largest absolute Gasteiger partial charge is 0.494 e. The normalized spacial score (nSPS) is 13.9. The van der Waals surface area contributed by atoms with Crippen LogP contribution in [-0.2, 0) is 4.79 Å². The van der Waals surface area contributed by atoms with Crippen molar-refractivity contribution in [2.75, 3.05) is 19.1 Å². The number of methoxy groups -OCH3 is 1. The highest BCUT2D eigenvalue weighted by atomic mass is 19.1. The summed E-state index contributed by atoms with van der Waals surface area (Å²) in [4.78, 5) is 13.4. The first-order valence-electron chi connectivity index (χ1n) is 5.75. The van der Waals surface area contributed by atoms with E-state index in [9.17, 15) is 9.18 Å². The highest BCUT2D eigenvalue weighted by molar-refractivity contribution is 5.94. The fourth-order valence-electron chi connectivity index (χ4n) is 1.52. The predicted octanol–water partition coefficient (Wildman–Crippen LogP) is 1.78. The Morgan fingerprint density at radius 1 is 1.44 bits per heavy atom. The monoisotopic (exact) mass is 254 g/mol. The van der Waals surface area contributed by atoms with Gasteiger partial charge in [0.15, 0.2) is 11.6 Å². The van der Waals surface area contributed by atoms with Crippen LogP contribution in [0.4, 0.5) is 10.1 Å². The van der Waals surface area contributed by atoms with Gasteiger partial charge in [0.1, 0.15) is 0 Å². The number of rotatable bonds is 4. The summed E-state index contributed by atoms with van der Waals surface area (Å²) in [5, 5.41) is 0. The lowest BCUT2D eigenvalue weighted by atomic mass is 10.0. The van der Waals surface area contributed by atoms with Gasteiger partial charge in [-0.2, -0.15) is 0 Å². The van der Waals surface area contributed by atoms with Gasteiger partial charge in [-0.1, -0.05) is 6.92 Å². The van der Waals surface area contributed by atoms with Crippen LogP contribution in [0.15, 0.2) is 18.2 Å². The second kappa shape index (κ2) is 5.82.